The van der Waals surface area contributed by atoms with Crippen LogP contribution in [0.3, 0.4) is 0 Å². The zero-order chi connectivity index (χ0) is 21.6. The van der Waals surface area contributed by atoms with Crippen molar-refractivity contribution in [3.63, 3.8) is 0 Å². The Morgan fingerprint density at radius 3 is 2.24 bits per heavy atom. The summed E-state index contributed by atoms with van der Waals surface area (Å²) < 4.78 is 14.0. The molecule has 154 valence electrons. The summed E-state index contributed by atoms with van der Waals surface area (Å²) in [5.41, 5.74) is 0.903. The van der Waals surface area contributed by atoms with E-state index in [0.717, 1.165) is 11.6 Å². The number of hydrogen-bond acceptors (Lipinski definition) is 3. The molecule has 0 aliphatic rings. The predicted molar refractivity (Wildman–Crippen MR) is 111 cm³/mol. The van der Waals surface area contributed by atoms with Crippen molar-refractivity contribution < 1.29 is 18.8 Å². The van der Waals surface area contributed by atoms with Crippen molar-refractivity contribution >= 4 is 40.7 Å². The smallest absolute Gasteiger partial charge is 0.313 e. The molecule has 0 saturated heterocycles. The number of hydrogen-bond donors (Lipinski definition) is 3. The maximum Gasteiger partial charge on any atom is 0.313 e. The number of rotatable bonds is 6. The second-order valence-electron chi connectivity index (χ2n) is 7.04. The van der Waals surface area contributed by atoms with E-state index in [4.69, 9.17) is 11.6 Å². The van der Waals surface area contributed by atoms with Gasteiger partial charge in [0.05, 0.1) is 11.7 Å². The molecule has 0 fully saturated rings. The van der Waals surface area contributed by atoms with Crippen molar-refractivity contribution in [3.8, 4) is 0 Å². The Kier molecular flexibility index (Phi) is 7.73. The molecule has 0 unspecified atom stereocenters. The van der Waals surface area contributed by atoms with E-state index in [2.05, 4.69) is 16.0 Å². The van der Waals surface area contributed by atoms with Crippen molar-refractivity contribution in [2.45, 2.75) is 33.2 Å². The monoisotopic (exact) mass is 419 g/mol. The number of benzene rings is 2. The van der Waals surface area contributed by atoms with Gasteiger partial charge in [0.1, 0.15) is 5.82 Å². The SMILES string of the molecule is CC(=O)Nc1ccc(F)c(NC(=O)C(=O)N[C@@H](CC(C)C)c2ccc(Cl)cc2)c1. The third kappa shape index (κ3) is 6.87. The summed E-state index contributed by atoms with van der Waals surface area (Å²) in [6.07, 6.45) is 0.604. The first kappa shape index (κ1) is 22.4. The van der Waals surface area contributed by atoms with Crippen LogP contribution in [0.2, 0.25) is 5.02 Å². The number of nitrogens with one attached hydrogen (secondary N) is 3. The Morgan fingerprint density at radius 1 is 1.00 bits per heavy atom. The summed E-state index contributed by atoms with van der Waals surface area (Å²) in [7, 11) is 0. The largest absolute Gasteiger partial charge is 0.341 e. The predicted octanol–water partition coefficient (Wildman–Crippen LogP) is 4.28. The van der Waals surface area contributed by atoms with Crippen molar-refractivity contribution in [1.29, 1.82) is 0 Å². The number of carbonyl (C=O) groups is 3. The number of halogens is 2. The Bertz CT molecular complexity index is 901. The van der Waals surface area contributed by atoms with Gasteiger partial charge in [-0.1, -0.05) is 37.6 Å². The quantitative estimate of drug-likeness (QED) is 0.611. The van der Waals surface area contributed by atoms with Crippen molar-refractivity contribution in [2.75, 3.05) is 10.6 Å². The van der Waals surface area contributed by atoms with Crippen LogP contribution in [0.5, 0.6) is 0 Å². The molecular weight excluding hydrogens is 397 g/mol. The molecule has 0 heterocycles. The first-order chi connectivity index (χ1) is 13.7. The van der Waals surface area contributed by atoms with Crippen LogP contribution < -0.4 is 16.0 Å². The third-order valence-corrected chi connectivity index (χ3v) is 4.28. The van der Waals surface area contributed by atoms with Crippen LogP contribution in [0.15, 0.2) is 42.5 Å². The summed E-state index contributed by atoms with van der Waals surface area (Å²) in [6, 6.07) is 10.3. The molecule has 0 aliphatic carbocycles. The average molecular weight is 420 g/mol. The molecule has 0 aliphatic heterocycles. The first-order valence-corrected chi connectivity index (χ1v) is 9.48. The van der Waals surface area contributed by atoms with E-state index in [0.29, 0.717) is 17.1 Å². The highest BCUT2D eigenvalue weighted by Crippen LogP contribution is 2.23. The molecule has 0 spiro atoms. The third-order valence-electron chi connectivity index (χ3n) is 4.03. The summed E-state index contributed by atoms with van der Waals surface area (Å²) in [5, 5.41) is 7.98. The van der Waals surface area contributed by atoms with E-state index in [1.54, 1.807) is 24.3 Å². The van der Waals surface area contributed by atoms with Gasteiger partial charge in [0.2, 0.25) is 5.91 Å². The normalized spacial score (nSPS) is 11.7. The van der Waals surface area contributed by atoms with Crippen LogP contribution in [0.25, 0.3) is 0 Å². The average Bonchev–Trinajstić information content (AvgIpc) is 2.63. The molecule has 1 atom stereocenters. The molecule has 0 bridgehead atoms. The van der Waals surface area contributed by atoms with E-state index in [9.17, 15) is 18.8 Å². The van der Waals surface area contributed by atoms with Gasteiger partial charge in [0.15, 0.2) is 0 Å². The van der Waals surface area contributed by atoms with Crippen molar-refractivity contribution in [2.24, 2.45) is 5.92 Å². The lowest BCUT2D eigenvalue weighted by Crippen LogP contribution is -2.38. The Balaban J connectivity index is 2.12. The summed E-state index contributed by atoms with van der Waals surface area (Å²) in [4.78, 5) is 35.9. The topological polar surface area (TPSA) is 87.3 Å². The molecule has 29 heavy (non-hydrogen) atoms. The van der Waals surface area contributed by atoms with Crippen LogP contribution in [-0.2, 0) is 14.4 Å². The highest BCUT2D eigenvalue weighted by Gasteiger charge is 2.22. The number of amides is 3. The lowest BCUT2D eigenvalue weighted by Gasteiger charge is -2.21. The van der Waals surface area contributed by atoms with Gasteiger partial charge in [0.25, 0.3) is 0 Å². The molecule has 3 N–H and O–H groups in total. The van der Waals surface area contributed by atoms with Crippen LogP contribution in [-0.4, -0.2) is 17.7 Å². The van der Waals surface area contributed by atoms with Gasteiger partial charge < -0.3 is 16.0 Å². The fourth-order valence-corrected chi connectivity index (χ4v) is 2.88. The van der Waals surface area contributed by atoms with Crippen LogP contribution in [0.4, 0.5) is 15.8 Å². The fourth-order valence-electron chi connectivity index (χ4n) is 2.75. The molecule has 0 saturated carbocycles. The maximum absolute atomic E-state index is 14.0. The van der Waals surface area contributed by atoms with Gasteiger partial charge in [-0.25, -0.2) is 4.39 Å². The first-order valence-electron chi connectivity index (χ1n) is 9.10. The summed E-state index contributed by atoms with van der Waals surface area (Å²) in [6.45, 7) is 5.30. The highest BCUT2D eigenvalue weighted by molar-refractivity contribution is 6.39. The van der Waals surface area contributed by atoms with Crippen molar-refractivity contribution in [1.82, 2.24) is 5.32 Å². The zero-order valence-corrected chi connectivity index (χ0v) is 17.1. The van der Waals surface area contributed by atoms with Crippen molar-refractivity contribution in [3.05, 3.63) is 58.9 Å². The van der Waals surface area contributed by atoms with Crippen LogP contribution in [0, 0.1) is 11.7 Å². The van der Waals surface area contributed by atoms with Gasteiger partial charge in [-0.15, -0.1) is 0 Å². The van der Waals surface area contributed by atoms with Gasteiger partial charge in [-0.2, -0.15) is 0 Å². The molecule has 8 heteroatoms. The van der Waals surface area contributed by atoms with E-state index in [1.165, 1.54) is 19.1 Å². The Labute approximate surface area is 173 Å². The second-order valence-corrected chi connectivity index (χ2v) is 7.47. The van der Waals surface area contributed by atoms with Gasteiger partial charge >= 0.3 is 11.8 Å². The molecule has 2 aromatic carbocycles. The fraction of sp³-hybridized carbons (Fsp3) is 0.286. The lowest BCUT2D eigenvalue weighted by molar-refractivity contribution is -0.136. The molecular formula is C21H23ClFN3O3. The molecule has 6 nitrogen and oxygen atoms in total. The Morgan fingerprint density at radius 2 is 1.66 bits per heavy atom. The number of anilines is 2. The summed E-state index contributed by atoms with van der Waals surface area (Å²) in [5.74, 6) is -2.71. The standard InChI is InChI=1S/C21H23ClFN3O3/c1-12(2)10-18(14-4-6-15(22)7-5-14)25-20(28)21(29)26-19-11-16(24-13(3)27)8-9-17(19)23/h4-9,11-12,18H,10H2,1-3H3,(H,24,27)(H,25,28)(H,26,29)/t18-/m0/s1. The lowest BCUT2D eigenvalue weighted by atomic mass is 9.97. The molecule has 2 aromatic rings. The van der Waals surface area contributed by atoms with E-state index in [-0.39, 0.29) is 17.5 Å². The Hall–Kier alpha value is -2.93. The number of carbonyl (C=O) groups excluding carboxylic acids is 3. The zero-order valence-electron chi connectivity index (χ0n) is 16.4. The second kappa shape index (κ2) is 10.0. The molecule has 3 amide bonds. The highest BCUT2D eigenvalue weighted by atomic mass is 35.5. The van der Waals surface area contributed by atoms with Gasteiger partial charge in [-0.3, -0.25) is 14.4 Å². The van der Waals surface area contributed by atoms with E-state index < -0.39 is 23.7 Å². The van der Waals surface area contributed by atoms with Gasteiger partial charge in [0, 0.05) is 17.6 Å². The minimum absolute atomic E-state index is 0.205. The van der Waals surface area contributed by atoms with Crippen LogP contribution in [0.1, 0.15) is 38.8 Å². The minimum Gasteiger partial charge on any atom is -0.341 e. The van der Waals surface area contributed by atoms with E-state index >= 15 is 0 Å². The van der Waals surface area contributed by atoms with Gasteiger partial charge in [-0.05, 0) is 48.2 Å². The summed E-state index contributed by atoms with van der Waals surface area (Å²) >= 11 is 5.91. The molecule has 2 rings (SSSR count). The molecule has 0 radical (unpaired) electrons. The van der Waals surface area contributed by atoms with E-state index in [1.807, 2.05) is 13.8 Å². The molecule has 0 aromatic heterocycles. The maximum atomic E-state index is 14.0. The van der Waals surface area contributed by atoms with Crippen LogP contribution >= 0.6 is 11.6 Å². The minimum atomic E-state index is -1.01.